The molecular weight excluding hydrogens is 176 g/mol. The number of nitrogens with zero attached hydrogens (tertiary/aromatic N) is 2. The van der Waals surface area contributed by atoms with E-state index in [1.807, 2.05) is 0 Å². The first-order chi connectivity index (χ1) is 4.91. The summed E-state index contributed by atoms with van der Waals surface area (Å²) in [6.07, 6.45) is 2.60. The molecule has 0 bridgehead atoms. The van der Waals surface area contributed by atoms with Crippen LogP contribution in [0.25, 0.3) is 0 Å². The SMILES string of the molecule is CS(=O)(=O)O.O/N=C/C=N/O. The van der Waals surface area contributed by atoms with E-state index in [1.165, 1.54) is 0 Å². The summed E-state index contributed by atoms with van der Waals surface area (Å²) in [6, 6.07) is 0. The Morgan fingerprint density at radius 2 is 1.36 bits per heavy atom. The summed E-state index contributed by atoms with van der Waals surface area (Å²) in [5.41, 5.74) is 0. The predicted octanol–water partition coefficient (Wildman–Crippen LogP) is -0.590. The van der Waals surface area contributed by atoms with Gasteiger partial charge < -0.3 is 10.4 Å². The minimum atomic E-state index is -3.67. The number of rotatable bonds is 1. The zero-order valence-electron chi connectivity index (χ0n) is 5.62. The van der Waals surface area contributed by atoms with Gasteiger partial charge in [-0.25, -0.2) is 0 Å². The summed E-state index contributed by atoms with van der Waals surface area (Å²) in [7, 11) is -3.67. The minimum Gasteiger partial charge on any atom is -0.411 e. The number of oxime groups is 2. The Balaban J connectivity index is 0. The van der Waals surface area contributed by atoms with Gasteiger partial charge in [0.15, 0.2) is 0 Å². The lowest BCUT2D eigenvalue weighted by atomic mass is 10.8. The van der Waals surface area contributed by atoms with Crippen LogP contribution in [0.5, 0.6) is 0 Å². The molecule has 0 atom stereocenters. The molecule has 0 saturated carbocycles. The monoisotopic (exact) mass is 184 g/mol. The van der Waals surface area contributed by atoms with E-state index in [1.54, 1.807) is 0 Å². The van der Waals surface area contributed by atoms with Crippen molar-refractivity contribution in [3.63, 3.8) is 0 Å². The molecule has 0 aliphatic rings. The Kier molecular flexibility index (Phi) is 7.92. The Bertz CT molecular complexity index is 200. The van der Waals surface area contributed by atoms with Crippen LogP contribution in [0.3, 0.4) is 0 Å². The van der Waals surface area contributed by atoms with Gasteiger partial charge in [0, 0.05) is 0 Å². The molecule has 66 valence electrons. The van der Waals surface area contributed by atoms with Gasteiger partial charge in [-0.1, -0.05) is 10.3 Å². The molecule has 0 saturated heterocycles. The summed E-state index contributed by atoms with van der Waals surface area (Å²) in [5.74, 6) is 0. The molecule has 0 unspecified atom stereocenters. The van der Waals surface area contributed by atoms with E-state index < -0.39 is 10.1 Å². The Hall–Kier alpha value is -1.15. The molecule has 0 spiro atoms. The van der Waals surface area contributed by atoms with Crippen LogP contribution >= 0.6 is 0 Å². The van der Waals surface area contributed by atoms with Gasteiger partial charge in [-0.2, -0.15) is 8.42 Å². The third-order valence-electron chi connectivity index (χ3n) is 0.200. The highest BCUT2D eigenvalue weighted by atomic mass is 32.2. The van der Waals surface area contributed by atoms with Gasteiger partial charge in [-0.15, -0.1) is 0 Å². The molecule has 7 nitrogen and oxygen atoms in total. The maximum Gasteiger partial charge on any atom is 0.261 e. The van der Waals surface area contributed by atoms with Gasteiger partial charge in [0.2, 0.25) is 0 Å². The molecule has 0 aliphatic heterocycles. The van der Waals surface area contributed by atoms with Crippen molar-refractivity contribution >= 4 is 22.5 Å². The second-order valence-corrected chi connectivity index (χ2v) is 2.73. The molecule has 0 rings (SSSR count). The molecule has 3 N–H and O–H groups in total. The van der Waals surface area contributed by atoms with E-state index in [0.717, 1.165) is 12.4 Å². The van der Waals surface area contributed by atoms with Gasteiger partial charge in [0.05, 0.1) is 18.7 Å². The van der Waals surface area contributed by atoms with Crippen LogP contribution < -0.4 is 0 Å². The van der Waals surface area contributed by atoms with Gasteiger partial charge in [0.25, 0.3) is 10.1 Å². The van der Waals surface area contributed by atoms with Crippen LogP contribution in [0.15, 0.2) is 10.3 Å². The van der Waals surface area contributed by atoms with Gasteiger partial charge in [0.1, 0.15) is 0 Å². The Morgan fingerprint density at radius 3 is 1.45 bits per heavy atom. The molecule has 8 heteroatoms. The molecule has 0 aromatic heterocycles. The van der Waals surface area contributed by atoms with Gasteiger partial charge in [-0.05, 0) is 0 Å². The second-order valence-electron chi connectivity index (χ2n) is 1.26. The van der Waals surface area contributed by atoms with Crippen molar-refractivity contribution in [3.8, 4) is 0 Å². The predicted molar refractivity (Wildman–Crippen MR) is 38.0 cm³/mol. The van der Waals surface area contributed by atoms with Crippen molar-refractivity contribution < 1.29 is 23.4 Å². The number of hydrogen-bond donors (Lipinski definition) is 3. The van der Waals surface area contributed by atoms with Crippen molar-refractivity contribution in [2.75, 3.05) is 6.26 Å². The zero-order chi connectivity index (χ0) is 9.33. The van der Waals surface area contributed by atoms with Crippen molar-refractivity contribution in [2.45, 2.75) is 0 Å². The molecule has 11 heavy (non-hydrogen) atoms. The molecule has 0 radical (unpaired) electrons. The van der Waals surface area contributed by atoms with Crippen LogP contribution in [0.2, 0.25) is 0 Å². The molecule has 0 aromatic carbocycles. The van der Waals surface area contributed by atoms with Gasteiger partial charge in [-0.3, -0.25) is 4.55 Å². The van der Waals surface area contributed by atoms with Crippen molar-refractivity contribution in [2.24, 2.45) is 10.3 Å². The van der Waals surface area contributed by atoms with Crippen molar-refractivity contribution in [1.29, 1.82) is 0 Å². The largest absolute Gasteiger partial charge is 0.411 e. The maximum absolute atomic E-state index is 9.19. The average Bonchev–Trinajstić information content (AvgIpc) is 1.79. The first kappa shape index (κ1) is 12.5. The summed E-state index contributed by atoms with van der Waals surface area (Å²) in [6.45, 7) is 0. The summed E-state index contributed by atoms with van der Waals surface area (Å²) >= 11 is 0. The quantitative estimate of drug-likeness (QED) is 0.218. The van der Waals surface area contributed by atoms with Crippen molar-refractivity contribution in [3.05, 3.63) is 0 Å². The Morgan fingerprint density at radius 1 is 1.18 bits per heavy atom. The normalized spacial score (nSPS) is 11.5. The van der Waals surface area contributed by atoms with Crippen LogP contribution in [-0.4, -0.2) is 42.1 Å². The van der Waals surface area contributed by atoms with E-state index in [-0.39, 0.29) is 0 Å². The smallest absolute Gasteiger partial charge is 0.261 e. The van der Waals surface area contributed by atoms with E-state index in [4.69, 9.17) is 15.0 Å². The lowest BCUT2D eigenvalue weighted by Gasteiger charge is -1.69. The molecule has 0 aliphatic carbocycles. The van der Waals surface area contributed by atoms with E-state index in [2.05, 4.69) is 10.3 Å². The van der Waals surface area contributed by atoms with Crippen molar-refractivity contribution in [1.82, 2.24) is 0 Å². The topological polar surface area (TPSA) is 120 Å². The summed E-state index contributed by atoms with van der Waals surface area (Å²) in [4.78, 5) is 0. The number of hydrogen-bond acceptors (Lipinski definition) is 6. The highest BCUT2D eigenvalue weighted by Gasteiger charge is 1.81. The fraction of sp³-hybridized carbons (Fsp3) is 0.333. The Labute approximate surface area is 63.4 Å². The maximum atomic E-state index is 9.19. The molecule has 0 heterocycles. The molecular formula is C3H8N2O5S. The first-order valence-corrected chi connectivity index (χ1v) is 4.02. The van der Waals surface area contributed by atoms with Crippen LogP contribution in [-0.2, 0) is 10.1 Å². The summed E-state index contributed by atoms with van der Waals surface area (Å²) < 4.78 is 25.9. The fourth-order valence-corrected chi connectivity index (χ4v) is 0.0596. The first-order valence-electron chi connectivity index (χ1n) is 2.17. The fourth-order valence-electron chi connectivity index (χ4n) is 0.0596. The van der Waals surface area contributed by atoms with E-state index in [9.17, 15) is 8.42 Å². The standard InChI is InChI=1S/C2H4N2O2.CH4O3S/c5-3-1-2-4-6;1-5(2,3)4/h1-2,5-6H;1H3,(H,2,3,4)/b3-1+,4-2+;. The third-order valence-corrected chi connectivity index (χ3v) is 0.200. The lowest BCUT2D eigenvalue weighted by molar-refractivity contribution is 0.317. The summed E-state index contributed by atoms with van der Waals surface area (Å²) in [5, 5.41) is 20.1. The van der Waals surface area contributed by atoms with Crippen LogP contribution in [0.4, 0.5) is 0 Å². The zero-order valence-corrected chi connectivity index (χ0v) is 6.43. The second kappa shape index (κ2) is 6.96. The van der Waals surface area contributed by atoms with Gasteiger partial charge >= 0.3 is 0 Å². The van der Waals surface area contributed by atoms with Crippen LogP contribution in [0, 0.1) is 0 Å². The third kappa shape index (κ3) is 121. The van der Waals surface area contributed by atoms with E-state index in [0.29, 0.717) is 6.26 Å². The lowest BCUT2D eigenvalue weighted by Crippen LogP contribution is -1.88. The highest BCUT2D eigenvalue weighted by molar-refractivity contribution is 7.85. The molecule has 0 aromatic rings. The van der Waals surface area contributed by atoms with E-state index >= 15 is 0 Å². The minimum absolute atomic E-state index is 0.715. The average molecular weight is 184 g/mol. The highest BCUT2D eigenvalue weighted by Crippen LogP contribution is 1.60. The van der Waals surface area contributed by atoms with Crippen LogP contribution in [0.1, 0.15) is 0 Å². The molecule has 0 amide bonds. The molecule has 0 fully saturated rings.